The van der Waals surface area contributed by atoms with Crippen molar-refractivity contribution in [1.29, 1.82) is 0 Å². The molecule has 0 rings (SSSR count). The van der Waals surface area contributed by atoms with E-state index in [2.05, 4.69) is 4.90 Å². The summed E-state index contributed by atoms with van der Waals surface area (Å²) in [6, 6.07) is 0. The fourth-order valence-electron chi connectivity index (χ4n) is 0.107. The van der Waals surface area contributed by atoms with E-state index in [1.54, 1.807) is 0 Å². The molecule has 0 unspecified atom stereocenters. The van der Waals surface area contributed by atoms with Gasteiger partial charge in [-0.2, -0.15) is 22.0 Å². The topological polar surface area (TPSA) is 17.1 Å². The maximum atomic E-state index is 11.2. The van der Waals surface area contributed by atoms with Crippen LogP contribution in [0.3, 0.4) is 0 Å². The van der Waals surface area contributed by atoms with Gasteiger partial charge in [0, 0.05) is 0 Å². The van der Waals surface area contributed by atoms with Crippen LogP contribution in [0.4, 0.5) is 22.0 Å². The summed E-state index contributed by atoms with van der Waals surface area (Å²) in [6.07, 6.45) is -7.57. The average molecular weight is 418 g/mol. The van der Waals surface area contributed by atoms with E-state index >= 15 is 0 Å². The molecule has 0 amide bonds. The quantitative estimate of drug-likeness (QED) is 0.546. The number of allylic oxidation sites excluding steroid dienone is 1. The molecule has 98 valence electrons. The minimum absolute atomic E-state index is 0. The number of ketones is 1. The molecule has 0 heterocycles. The average Bonchev–Trinajstić information content (AvgIpc) is 2.04. The number of rotatable bonds is 0. The van der Waals surface area contributed by atoms with Gasteiger partial charge < -0.3 is 4.79 Å². The fraction of sp³-hybridized carbons (Fsp3) is 0.556. The molecule has 0 N–H and O–H groups in total. The molecular formula is C9H15F5OW. The van der Waals surface area contributed by atoms with Gasteiger partial charge >= 0.3 is 30.4 Å². The maximum absolute atomic E-state index is 11.2. The summed E-state index contributed by atoms with van der Waals surface area (Å²) in [6.45, 7) is 3.38. The number of alkyl halides is 3. The van der Waals surface area contributed by atoms with E-state index in [0.29, 0.717) is 6.92 Å². The Bertz CT molecular complexity index is 214. The molecule has 0 bridgehead atoms. The number of hydrogen-bond donors (Lipinski definition) is 0. The van der Waals surface area contributed by atoms with Crippen LogP contribution in [0.25, 0.3) is 0 Å². The van der Waals surface area contributed by atoms with E-state index in [4.69, 9.17) is 0 Å². The second-order valence-electron chi connectivity index (χ2n) is 2.29. The molecule has 0 aliphatic carbocycles. The van der Waals surface area contributed by atoms with Crippen molar-refractivity contribution in [3.63, 3.8) is 0 Å². The van der Waals surface area contributed by atoms with Crippen molar-refractivity contribution in [2.24, 2.45) is 0 Å². The summed E-state index contributed by atoms with van der Waals surface area (Å²) >= 11 is 1.33. The van der Waals surface area contributed by atoms with Crippen molar-refractivity contribution in [3.8, 4) is 0 Å². The van der Waals surface area contributed by atoms with Gasteiger partial charge in [0.1, 0.15) is 5.78 Å². The third kappa shape index (κ3) is 23.4. The zero-order valence-electron chi connectivity index (χ0n) is 8.41. The Kier molecular flexibility index (Phi) is 19.6. The van der Waals surface area contributed by atoms with Crippen LogP contribution in [0.15, 0.2) is 11.7 Å². The fourth-order valence-corrected chi connectivity index (χ4v) is 0.107. The van der Waals surface area contributed by atoms with Crippen LogP contribution in [0.5, 0.6) is 0 Å². The zero-order chi connectivity index (χ0) is 13.2. The van der Waals surface area contributed by atoms with Gasteiger partial charge in [-0.1, -0.05) is 7.43 Å². The van der Waals surface area contributed by atoms with Crippen molar-refractivity contribution in [1.82, 2.24) is 0 Å². The first-order valence-electron chi connectivity index (χ1n) is 3.44. The molecule has 0 fully saturated rings. The zero-order valence-corrected chi connectivity index (χ0v) is 11.3. The molecule has 0 aromatic rings. The predicted octanol–water partition coefficient (Wildman–Crippen LogP) is 3.92. The molecule has 0 aromatic carbocycles. The van der Waals surface area contributed by atoms with E-state index in [1.807, 2.05) is 0 Å². The third-order valence-electron chi connectivity index (χ3n) is 0.709. The van der Waals surface area contributed by atoms with E-state index in [9.17, 15) is 26.7 Å². The van der Waals surface area contributed by atoms with Crippen LogP contribution in [0, 0.1) is 0 Å². The summed E-state index contributed by atoms with van der Waals surface area (Å²) in [5.41, 5.74) is -1.83. The molecule has 0 saturated heterocycles. The van der Waals surface area contributed by atoms with Gasteiger partial charge in [0.2, 0.25) is 0 Å². The predicted molar refractivity (Wildman–Crippen MR) is 51.2 cm³/mol. The first-order chi connectivity index (χ1) is 6.59. The first-order valence-corrected chi connectivity index (χ1v) is 5.51. The summed E-state index contributed by atoms with van der Waals surface area (Å²) in [5, 5.41) is 0. The van der Waals surface area contributed by atoms with E-state index in [0.717, 1.165) is 0 Å². The third-order valence-corrected chi connectivity index (χ3v) is 0.709. The minimum atomic E-state index is -4.89. The van der Waals surface area contributed by atoms with Crippen molar-refractivity contribution < 1.29 is 46.1 Å². The molecule has 1 nitrogen and oxygen atoms in total. The Hall–Kier alpha value is -0.382. The van der Waals surface area contributed by atoms with E-state index < -0.39 is 17.8 Å². The summed E-state index contributed by atoms with van der Waals surface area (Å²) in [5.74, 6) is 0.167. The second kappa shape index (κ2) is 12.7. The van der Waals surface area contributed by atoms with Gasteiger partial charge in [-0.25, -0.2) is 0 Å². The Labute approximate surface area is 103 Å². The van der Waals surface area contributed by atoms with Gasteiger partial charge in [-0.15, -0.1) is 0 Å². The number of halogens is 5. The van der Waals surface area contributed by atoms with Crippen LogP contribution in [0.1, 0.15) is 28.2 Å². The normalized spacial score (nSPS) is 8.25. The van der Waals surface area contributed by atoms with Crippen LogP contribution < -0.4 is 0 Å². The van der Waals surface area contributed by atoms with Crippen molar-refractivity contribution in [2.75, 3.05) is 0 Å². The molecule has 0 radical (unpaired) electrons. The summed E-state index contributed by atoms with van der Waals surface area (Å²) in [4.78, 5) is 12.8. The molecule has 0 atom stereocenters. The molecule has 0 aliphatic rings. The van der Waals surface area contributed by atoms with Gasteiger partial charge in [0.25, 0.3) is 6.08 Å². The van der Waals surface area contributed by atoms with Gasteiger partial charge in [0.05, 0.1) is 5.57 Å². The van der Waals surface area contributed by atoms with E-state index in [1.165, 1.54) is 33.2 Å². The Morgan fingerprint density at radius 3 is 1.25 bits per heavy atom. The first kappa shape index (κ1) is 24.7. The molecule has 0 saturated carbocycles. The Morgan fingerprint density at radius 1 is 1.06 bits per heavy atom. The van der Waals surface area contributed by atoms with Crippen LogP contribution in [-0.4, -0.2) is 16.9 Å². The van der Waals surface area contributed by atoms with Crippen molar-refractivity contribution >= 4 is 10.7 Å². The summed E-state index contributed by atoms with van der Waals surface area (Å²) in [7, 11) is 0. The van der Waals surface area contributed by atoms with Crippen LogP contribution in [0.2, 0.25) is 0 Å². The Morgan fingerprint density at radius 2 is 1.25 bits per heavy atom. The SMILES string of the molecule is C.CC(=C(F)F)C(F)(F)F.CC(C)=O.[CH2]=[W]. The van der Waals surface area contributed by atoms with Crippen molar-refractivity contribution in [2.45, 2.75) is 34.4 Å². The molecule has 0 spiro atoms. The van der Waals surface area contributed by atoms with Gasteiger partial charge in [-0.3, -0.25) is 0 Å². The number of carbonyl (C=O) groups excluding carboxylic acids is 1. The standard InChI is InChI=1S/C4H3F5.C3H6O.CH4.CH2.W/c1-2(3(5)6)4(7,8)9;1-3(2)4;;;/h1H3;1-2H3;1H4;1H2;. The number of hydrogen-bond acceptors (Lipinski definition) is 1. The monoisotopic (exact) mass is 418 g/mol. The van der Waals surface area contributed by atoms with Gasteiger partial charge in [-0.05, 0) is 20.8 Å². The molecule has 0 aromatic heterocycles. The Balaban J connectivity index is -0.0000000879. The van der Waals surface area contributed by atoms with Crippen LogP contribution >= 0.6 is 0 Å². The summed E-state index contributed by atoms with van der Waals surface area (Å²) < 4.78 is 55.7. The van der Waals surface area contributed by atoms with Crippen LogP contribution in [-0.2, 0) is 24.1 Å². The number of carbonyl (C=O) groups is 1. The molecule has 16 heavy (non-hydrogen) atoms. The molecular weight excluding hydrogens is 403 g/mol. The molecule has 7 heteroatoms. The van der Waals surface area contributed by atoms with E-state index in [-0.39, 0.29) is 13.2 Å². The number of Topliss-reactive ketones (excluding diaryl/α,β-unsaturated/α-hetero) is 1. The van der Waals surface area contributed by atoms with Gasteiger partial charge in [0.15, 0.2) is 0 Å². The molecule has 0 aliphatic heterocycles. The second-order valence-corrected chi connectivity index (χ2v) is 2.29. The van der Waals surface area contributed by atoms with Crippen molar-refractivity contribution in [3.05, 3.63) is 11.7 Å².